The molecule has 1 aromatic heterocycles. The Morgan fingerprint density at radius 1 is 1.10 bits per heavy atom. The molecule has 0 spiro atoms. The molecule has 6 nitrogen and oxygen atoms in total. The van der Waals surface area contributed by atoms with Crippen molar-refractivity contribution in [3.8, 4) is 11.1 Å². The number of carbonyl (C=O) groups excluding carboxylic acids is 2. The quantitative estimate of drug-likeness (QED) is 0.687. The van der Waals surface area contributed by atoms with Gasteiger partial charge in [0.05, 0.1) is 12.1 Å². The summed E-state index contributed by atoms with van der Waals surface area (Å²) < 4.78 is 0. The Kier molecular flexibility index (Phi) is 6.55. The van der Waals surface area contributed by atoms with Crippen LogP contribution in [0.3, 0.4) is 0 Å². The number of rotatable bonds is 3. The van der Waals surface area contributed by atoms with E-state index in [1.807, 2.05) is 32.0 Å². The molecule has 1 aromatic carbocycles. The Hall–Kier alpha value is -2.44. The fourth-order valence-corrected chi connectivity index (χ4v) is 4.10. The zero-order valence-electron chi connectivity index (χ0n) is 16.5. The largest absolute Gasteiger partial charge is 0.332 e. The summed E-state index contributed by atoms with van der Waals surface area (Å²) in [6.45, 7) is 6.16. The van der Waals surface area contributed by atoms with Crippen LogP contribution in [0.4, 0.5) is 0 Å². The van der Waals surface area contributed by atoms with Gasteiger partial charge in [-0.3, -0.25) is 9.59 Å². The minimum atomic E-state index is -0.335. The second kappa shape index (κ2) is 8.93. The fourth-order valence-electron chi connectivity index (χ4n) is 3.75. The SMILES string of the molecule is CC(=O)N1CCN(C(=O)/C=C\Cl)[C@H](C)[C@H]1c1cc(Cl)cc(-c2cnc(C)nc2)c1. The number of halogens is 2. The molecule has 2 aromatic rings. The smallest absolute Gasteiger partial charge is 0.247 e. The topological polar surface area (TPSA) is 66.4 Å². The van der Waals surface area contributed by atoms with Crippen molar-refractivity contribution in [2.75, 3.05) is 13.1 Å². The molecule has 0 saturated carbocycles. The maximum atomic E-state index is 12.5. The van der Waals surface area contributed by atoms with E-state index in [-0.39, 0.29) is 23.9 Å². The maximum absolute atomic E-state index is 12.5. The number of hydrogen-bond donors (Lipinski definition) is 0. The van der Waals surface area contributed by atoms with Gasteiger partial charge in [-0.2, -0.15) is 0 Å². The second-order valence-corrected chi connectivity index (χ2v) is 7.70. The van der Waals surface area contributed by atoms with Gasteiger partial charge in [-0.1, -0.05) is 23.2 Å². The van der Waals surface area contributed by atoms with E-state index >= 15 is 0 Å². The van der Waals surface area contributed by atoms with Crippen LogP contribution in [0.5, 0.6) is 0 Å². The molecule has 152 valence electrons. The third kappa shape index (κ3) is 4.60. The highest BCUT2D eigenvalue weighted by atomic mass is 35.5. The van der Waals surface area contributed by atoms with Gasteiger partial charge in [-0.25, -0.2) is 9.97 Å². The lowest BCUT2D eigenvalue weighted by atomic mass is 9.92. The predicted molar refractivity (Wildman–Crippen MR) is 114 cm³/mol. The highest BCUT2D eigenvalue weighted by molar-refractivity contribution is 6.31. The van der Waals surface area contributed by atoms with Gasteiger partial charge in [0.15, 0.2) is 0 Å². The third-order valence-electron chi connectivity index (χ3n) is 5.14. The Morgan fingerprint density at radius 3 is 2.38 bits per heavy atom. The molecule has 1 aliphatic rings. The van der Waals surface area contributed by atoms with Gasteiger partial charge in [0.25, 0.3) is 0 Å². The highest BCUT2D eigenvalue weighted by Gasteiger charge is 2.38. The van der Waals surface area contributed by atoms with E-state index in [4.69, 9.17) is 23.2 Å². The highest BCUT2D eigenvalue weighted by Crippen LogP contribution is 2.35. The number of carbonyl (C=O) groups is 2. The standard InChI is InChI=1S/C21H22Cl2N4O2/c1-13-21(27(15(3)28)7-6-26(13)20(29)4-5-22)17-8-16(9-19(23)10-17)18-11-24-14(2)25-12-18/h4-5,8-13,21H,6-7H2,1-3H3/b5-4-/t13-,21+/m1/s1. The lowest BCUT2D eigenvalue weighted by Gasteiger charge is -2.46. The summed E-state index contributed by atoms with van der Waals surface area (Å²) in [7, 11) is 0. The number of benzene rings is 1. The Labute approximate surface area is 180 Å². The van der Waals surface area contributed by atoms with Crippen molar-refractivity contribution in [1.82, 2.24) is 19.8 Å². The average Bonchev–Trinajstić information content (AvgIpc) is 2.67. The fraction of sp³-hybridized carbons (Fsp3) is 0.333. The van der Waals surface area contributed by atoms with Crippen molar-refractivity contribution >= 4 is 35.0 Å². The van der Waals surface area contributed by atoms with Gasteiger partial charge >= 0.3 is 0 Å². The molecule has 1 aliphatic heterocycles. The first kappa shape index (κ1) is 21.3. The van der Waals surface area contributed by atoms with Gasteiger partial charge in [0, 0.05) is 54.6 Å². The summed E-state index contributed by atoms with van der Waals surface area (Å²) in [5, 5.41) is 0.540. The van der Waals surface area contributed by atoms with Crippen LogP contribution in [-0.2, 0) is 9.59 Å². The van der Waals surface area contributed by atoms with Crippen LogP contribution in [0.15, 0.2) is 42.2 Å². The van der Waals surface area contributed by atoms with Crippen molar-refractivity contribution in [2.45, 2.75) is 32.9 Å². The van der Waals surface area contributed by atoms with E-state index in [1.54, 1.807) is 22.2 Å². The molecule has 1 fully saturated rings. The van der Waals surface area contributed by atoms with Crippen molar-refractivity contribution in [2.24, 2.45) is 0 Å². The first-order chi connectivity index (χ1) is 13.8. The zero-order valence-corrected chi connectivity index (χ0v) is 18.0. The van der Waals surface area contributed by atoms with Gasteiger partial charge < -0.3 is 9.80 Å². The van der Waals surface area contributed by atoms with Crippen LogP contribution in [0, 0.1) is 6.92 Å². The molecule has 1 saturated heterocycles. The lowest BCUT2D eigenvalue weighted by Crippen LogP contribution is -2.56. The maximum Gasteiger partial charge on any atom is 0.247 e. The molecule has 0 unspecified atom stereocenters. The Morgan fingerprint density at radius 2 is 1.76 bits per heavy atom. The molecule has 2 heterocycles. The van der Waals surface area contributed by atoms with Gasteiger partial charge in [0.2, 0.25) is 11.8 Å². The van der Waals surface area contributed by atoms with Crippen LogP contribution in [-0.4, -0.2) is 50.7 Å². The van der Waals surface area contributed by atoms with Crippen LogP contribution in [0.25, 0.3) is 11.1 Å². The summed E-state index contributed by atoms with van der Waals surface area (Å²) in [6, 6.07) is 5.06. The summed E-state index contributed by atoms with van der Waals surface area (Å²) >= 11 is 12.0. The third-order valence-corrected chi connectivity index (χ3v) is 5.48. The van der Waals surface area contributed by atoms with Crippen molar-refractivity contribution in [3.63, 3.8) is 0 Å². The summed E-state index contributed by atoms with van der Waals surface area (Å²) in [5.74, 6) is 0.443. The first-order valence-electron chi connectivity index (χ1n) is 9.26. The Bertz CT molecular complexity index is 946. The van der Waals surface area contributed by atoms with Crippen LogP contribution < -0.4 is 0 Å². The number of aryl methyl sites for hydroxylation is 1. The minimum absolute atomic E-state index is 0.0537. The van der Waals surface area contributed by atoms with Crippen LogP contribution in [0.2, 0.25) is 5.02 Å². The molecule has 2 amide bonds. The number of aromatic nitrogens is 2. The lowest BCUT2D eigenvalue weighted by molar-refractivity contribution is -0.143. The second-order valence-electron chi connectivity index (χ2n) is 7.01. The molecule has 2 atom stereocenters. The van der Waals surface area contributed by atoms with Crippen molar-refractivity contribution in [1.29, 1.82) is 0 Å². The van der Waals surface area contributed by atoms with Crippen LogP contribution >= 0.6 is 23.2 Å². The van der Waals surface area contributed by atoms with Gasteiger partial charge in [-0.15, -0.1) is 0 Å². The molecule has 0 bridgehead atoms. The monoisotopic (exact) mass is 432 g/mol. The predicted octanol–water partition coefficient (Wildman–Crippen LogP) is 3.98. The van der Waals surface area contributed by atoms with E-state index in [2.05, 4.69) is 9.97 Å². The molecule has 0 N–H and O–H groups in total. The van der Waals surface area contributed by atoms with E-state index in [1.165, 1.54) is 18.5 Å². The molecule has 0 aliphatic carbocycles. The molecular weight excluding hydrogens is 411 g/mol. The molecule has 3 rings (SSSR count). The number of amides is 2. The van der Waals surface area contributed by atoms with E-state index in [0.29, 0.717) is 23.9 Å². The van der Waals surface area contributed by atoms with Gasteiger partial charge in [0.1, 0.15) is 5.82 Å². The van der Waals surface area contributed by atoms with Crippen molar-refractivity contribution < 1.29 is 9.59 Å². The summed E-state index contributed by atoms with van der Waals surface area (Å²) in [5.41, 5.74) is 3.74. The normalized spacial score (nSPS) is 19.6. The molecule has 0 radical (unpaired) electrons. The molecule has 29 heavy (non-hydrogen) atoms. The zero-order chi connectivity index (χ0) is 21.1. The molecular formula is C21H22Cl2N4O2. The Balaban J connectivity index is 2.05. The number of hydrogen-bond acceptors (Lipinski definition) is 4. The minimum Gasteiger partial charge on any atom is -0.332 e. The average molecular weight is 433 g/mol. The number of nitrogens with zero attached hydrogens (tertiary/aromatic N) is 4. The van der Waals surface area contributed by atoms with E-state index < -0.39 is 0 Å². The summed E-state index contributed by atoms with van der Waals surface area (Å²) in [4.78, 5) is 36.8. The van der Waals surface area contributed by atoms with E-state index in [0.717, 1.165) is 16.7 Å². The first-order valence-corrected chi connectivity index (χ1v) is 10.1. The summed E-state index contributed by atoms with van der Waals surface area (Å²) in [6.07, 6.45) is 4.81. The van der Waals surface area contributed by atoms with E-state index in [9.17, 15) is 9.59 Å². The van der Waals surface area contributed by atoms with Crippen LogP contribution in [0.1, 0.15) is 31.3 Å². The number of piperazine rings is 1. The van der Waals surface area contributed by atoms with Gasteiger partial charge in [-0.05, 0) is 43.2 Å². The van der Waals surface area contributed by atoms with Crippen molar-refractivity contribution in [3.05, 3.63) is 58.6 Å². The molecule has 8 heteroatoms.